The van der Waals surface area contributed by atoms with Crippen molar-refractivity contribution < 1.29 is 14.7 Å². The minimum absolute atomic E-state index is 0.138. The van der Waals surface area contributed by atoms with Crippen molar-refractivity contribution in [2.75, 3.05) is 13.1 Å². The summed E-state index contributed by atoms with van der Waals surface area (Å²) in [7, 11) is 0. The van der Waals surface area contributed by atoms with Crippen LogP contribution in [0, 0.1) is 5.41 Å². The number of hydrogen-bond acceptors (Lipinski definition) is 3. The molecule has 2 heterocycles. The van der Waals surface area contributed by atoms with E-state index in [0.717, 1.165) is 0 Å². The zero-order valence-electron chi connectivity index (χ0n) is 10.9. The fourth-order valence-electron chi connectivity index (χ4n) is 2.36. The van der Waals surface area contributed by atoms with Crippen molar-refractivity contribution in [2.45, 2.75) is 19.8 Å². The summed E-state index contributed by atoms with van der Waals surface area (Å²) in [6, 6.07) is 2.87. The minimum atomic E-state index is -0.908. The number of piperidine rings is 1. The Hall–Kier alpha value is -1.33. The number of halogens is 2. The molecule has 7 heteroatoms. The first kappa shape index (κ1) is 15.1. The topological polar surface area (TPSA) is 70.5 Å². The molecule has 1 saturated heterocycles. The number of aromatic nitrogens is 1. The molecule has 1 N–H and O–H groups in total. The number of carboxylic acids is 1. The van der Waals surface area contributed by atoms with E-state index in [-0.39, 0.29) is 22.8 Å². The molecule has 0 radical (unpaired) electrons. The molecular weight excluding hydrogens is 303 g/mol. The zero-order chi connectivity index (χ0) is 14.9. The van der Waals surface area contributed by atoms with Gasteiger partial charge in [-0.1, -0.05) is 23.2 Å². The van der Waals surface area contributed by atoms with E-state index in [9.17, 15) is 14.7 Å². The number of carboxylic acid groups (broad SMARTS) is 1. The maximum absolute atomic E-state index is 12.4. The molecule has 1 aromatic heterocycles. The fraction of sp³-hybridized carbons (Fsp3) is 0.462. The van der Waals surface area contributed by atoms with E-state index < -0.39 is 11.4 Å². The van der Waals surface area contributed by atoms with Crippen LogP contribution < -0.4 is 0 Å². The Balaban J connectivity index is 2.22. The van der Waals surface area contributed by atoms with Gasteiger partial charge in [-0.2, -0.15) is 0 Å². The van der Waals surface area contributed by atoms with Gasteiger partial charge in [-0.3, -0.25) is 9.59 Å². The van der Waals surface area contributed by atoms with Crippen LogP contribution in [0.15, 0.2) is 12.1 Å². The number of carbonyl (C=O) groups is 2. The quantitative estimate of drug-likeness (QED) is 0.852. The Morgan fingerprint density at radius 1 is 1.35 bits per heavy atom. The summed E-state index contributed by atoms with van der Waals surface area (Å²) in [5.74, 6) is -1.16. The van der Waals surface area contributed by atoms with E-state index in [1.807, 2.05) is 0 Å². The van der Waals surface area contributed by atoms with Crippen molar-refractivity contribution in [3.63, 3.8) is 0 Å². The van der Waals surface area contributed by atoms with Gasteiger partial charge >= 0.3 is 5.97 Å². The Kier molecular flexibility index (Phi) is 4.20. The molecule has 1 fully saturated rings. The van der Waals surface area contributed by atoms with Crippen LogP contribution in [-0.2, 0) is 4.79 Å². The maximum atomic E-state index is 12.4. The van der Waals surface area contributed by atoms with Crippen molar-refractivity contribution in [3.8, 4) is 0 Å². The summed E-state index contributed by atoms with van der Waals surface area (Å²) in [6.07, 6.45) is 1.21. The highest BCUT2D eigenvalue weighted by Crippen LogP contribution is 2.30. The van der Waals surface area contributed by atoms with Crippen molar-refractivity contribution in [1.82, 2.24) is 9.88 Å². The first-order chi connectivity index (χ1) is 9.32. The Bertz CT molecular complexity index is 544. The van der Waals surface area contributed by atoms with Gasteiger partial charge in [-0.25, -0.2) is 4.98 Å². The van der Waals surface area contributed by atoms with Gasteiger partial charge in [0.25, 0.3) is 5.91 Å². The molecule has 1 unspecified atom stereocenters. The molecule has 1 atom stereocenters. The molecule has 0 aromatic carbocycles. The number of hydrogen-bond donors (Lipinski definition) is 1. The van der Waals surface area contributed by atoms with Crippen LogP contribution >= 0.6 is 23.2 Å². The third-order valence-corrected chi connectivity index (χ3v) is 3.90. The molecule has 108 valence electrons. The van der Waals surface area contributed by atoms with Gasteiger partial charge in [0.1, 0.15) is 10.3 Å². The lowest BCUT2D eigenvalue weighted by Crippen LogP contribution is -2.48. The smallest absolute Gasteiger partial charge is 0.311 e. The van der Waals surface area contributed by atoms with Crippen molar-refractivity contribution in [1.29, 1.82) is 0 Å². The fourth-order valence-corrected chi connectivity index (χ4v) is 2.82. The zero-order valence-corrected chi connectivity index (χ0v) is 12.4. The molecule has 0 bridgehead atoms. The first-order valence-electron chi connectivity index (χ1n) is 6.17. The minimum Gasteiger partial charge on any atom is -0.481 e. The number of pyridine rings is 1. The standard InChI is InChI=1S/C13H14Cl2N2O3/c1-13(12(19)20)3-2-4-17(7-13)11(18)8-5-9(14)16-10(15)6-8/h5-6H,2-4,7H2,1H3,(H,19,20). The van der Waals surface area contributed by atoms with Gasteiger partial charge in [-0.05, 0) is 31.9 Å². The van der Waals surface area contributed by atoms with Gasteiger partial charge in [0, 0.05) is 18.7 Å². The molecule has 1 aliphatic heterocycles. The molecule has 20 heavy (non-hydrogen) atoms. The van der Waals surface area contributed by atoms with E-state index in [0.29, 0.717) is 24.9 Å². The summed E-state index contributed by atoms with van der Waals surface area (Å²) < 4.78 is 0. The molecule has 0 aliphatic carbocycles. The molecule has 0 saturated carbocycles. The summed E-state index contributed by atoms with van der Waals surface area (Å²) in [5, 5.41) is 9.54. The van der Waals surface area contributed by atoms with Gasteiger partial charge in [0.2, 0.25) is 0 Å². The number of carbonyl (C=O) groups excluding carboxylic acids is 1. The maximum Gasteiger partial charge on any atom is 0.311 e. The van der Waals surface area contributed by atoms with Crippen molar-refractivity contribution in [2.24, 2.45) is 5.41 Å². The normalized spacial score (nSPS) is 22.6. The molecule has 0 spiro atoms. The van der Waals surface area contributed by atoms with Crippen molar-refractivity contribution >= 4 is 35.1 Å². The number of amides is 1. The molecule has 1 aromatic rings. The van der Waals surface area contributed by atoms with Crippen LogP contribution in [0.4, 0.5) is 0 Å². The lowest BCUT2D eigenvalue weighted by atomic mass is 9.82. The third-order valence-electron chi connectivity index (χ3n) is 3.51. The van der Waals surface area contributed by atoms with E-state index in [2.05, 4.69) is 4.98 Å². The second-order valence-electron chi connectivity index (χ2n) is 5.20. The van der Waals surface area contributed by atoms with Gasteiger partial charge < -0.3 is 10.0 Å². The Labute approximate surface area is 126 Å². The van der Waals surface area contributed by atoms with Crippen LogP contribution in [0.1, 0.15) is 30.1 Å². The highest BCUT2D eigenvalue weighted by molar-refractivity contribution is 6.33. The van der Waals surface area contributed by atoms with Gasteiger partial charge in [-0.15, -0.1) is 0 Å². The highest BCUT2D eigenvalue weighted by atomic mass is 35.5. The van der Waals surface area contributed by atoms with Crippen LogP contribution in [0.5, 0.6) is 0 Å². The summed E-state index contributed by atoms with van der Waals surface area (Å²) in [6.45, 7) is 2.36. The Morgan fingerprint density at radius 3 is 2.50 bits per heavy atom. The van der Waals surface area contributed by atoms with Crippen LogP contribution in [-0.4, -0.2) is 40.0 Å². The number of rotatable bonds is 2. The molecule has 2 rings (SSSR count). The molecule has 5 nitrogen and oxygen atoms in total. The van der Waals surface area contributed by atoms with Crippen LogP contribution in [0.25, 0.3) is 0 Å². The Morgan fingerprint density at radius 2 is 1.95 bits per heavy atom. The SMILES string of the molecule is CC1(C(=O)O)CCCN(C(=O)c2cc(Cl)nc(Cl)c2)C1. The summed E-state index contributed by atoms with van der Waals surface area (Å²) in [4.78, 5) is 29.0. The second kappa shape index (κ2) is 5.58. The lowest BCUT2D eigenvalue weighted by Gasteiger charge is -2.37. The van der Waals surface area contributed by atoms with E-state index in [1.165, 1.54) is 17.0 Å². The van der Waals surface area contributed by atoms with E-state index >= 15 is 0 Å². The highest BCUT2D eigenvalue weighted by Gasteiger charge is 2.39. The van der Waals surface area contributed by atoms with E-state index in [4.69, 9.17) is 23.2 Å². The molecule has 1 amide bonds. The average Bonchev–Trinajstić information content (AvgIpc) is 2.36. The lowest BCUT2D eigenvalue weighted by molar-refractivity contribution is -0.150. The third kappa shape index (κ3) is 3.04. The van der Waals surface area contributed by atoms with Gasteiger partial charge in [0.05, 0.1) is 5.41 Å². The first-order valence-corrected chi connectivity index (χ1v) is 6.93. The van der Waals surface area contributed by atoms with Crippen LogP contribution in [0.3, 0.4) is 0 Å². The second-order valence-corrected chi connectivity index (χ2v) is 5.97. The molecular formula is C13H14Cl2N2O3. The summed E-state index contributed by atoms with van der Waals surface area (Å²) >= 11 is 11.6. The predicted octanol–water partition coefficient (Wildman–Crippen LogP) is 2.72. The number of aliphatic carboxylic acids is 1. The summed E-state index contributed by atoms with van der Waals surface area (Å²) in [5.41, 5.74) is -0.584. The largest absolute Gasteiger partial charge is 0.481 e. The monoisotopic (exact) mass is 316 g/mol. The van der Waals surface area contributed by atoms with Crippen molar-refractivity contribution in [3.05, 3.63) is 28.0 Å². The number of nitrogens with zero attached hydrogens (tertiary/aromatic N) is 2. The molecule has 1 aliphatic rings. The average molecular weight is 317 g/mol. The van der Waals surface area contributed by atoms with Gasteiger partial charge in [0.15, 0.2) is 0 Å². The number of likely N-dealkylation sites (tertiary alicyclic amines) is 1. The predicted molar refractivity (Wildman–Crippen MR) is 75.1 cm³/mol. The van der Waals surface area contributed by atoms with Crippen LogP contribution in [0.2, 0.25) is 10.3 Å². The van der Waals surface area contributed by atoms with E-state index in [1.54, 1.807) is 6.92 Å².